The van der Waals surface area contributed by atoms with Gasteiger partial charge >= 0.3 is 0 Å². The van der Waals surface area contributed by atoms with Gasteiger partial charge in [-0.05, 0) is 32.9 Å². The molecule has 3 rings (SSSR count). The number of rotatable bonds is 5. The predicted octanol–water partition coefficient (Wildman–Crippen LogP) is 2.87. The summed E-state index contributed by atoms with van der Waals surface area (Å²) in [7, 11) is 0. The molecule has 0 aliphatic carbocycles. The molecule has 1 saturated heterocycles. The highest BCUT2D eigenvalue weighted by atomic mass is 16.5. The SMILES string of the molecule is CC(Nc1ccc(N2CCOCC2)nc1)c1cnn(C(C)C)c1. The lowest BCUT2D eigenvalue weighted by molar-refractivity contribution is 0.122. The van der Waals surface area contributed by atoms with Gasteiger partial charge in [0.25, 0.3) is 0 Å². The summed E-state index contributed by atoms with van der Waals surface area (Å²) < 4.78 is 7.36. The van der Waals surface area contributed by atoms with Gasteiger partial charge in [0.05, 0.1) is 37.3 Å². The Bertz CT molecular complexity index is 616. The fourth-order valence-electron chi connectivity index (χ4n) is 2.64. The Morgan fingerprint density at radius 1 is 1.13 bits per heavy atom. The Kier molecular flexibility index (Phi) is 4.81. The maximum atomic E-state index is 5.38. The summed E-state index contributed by atoms with van der Waals surface area (Å²) in [6, 6.07) is 4.72. The maximum Gasteiger partial charge on any atom is 0.128 e. The quantitative estimate of drug-likeness (QED) is 0.919. The minimum atomic E-state index is 0.193. The number of hydrogen-bond donors (Lipinski definition) is 1. The van der Waals surface area contributed by atoms with Crippen molar-refractivity contribution in [1.29, 1.82) is 0 Å². The van der Waals surface area contributed by atoms with E-state index in [4.69, 9.17) is 4.74 Å². The molecule has 0 radical (unpaired) electrons. The van der Waals surface area contributed by atoms with E-state index >= 15 is 0 Å². The highest BCUT2D eigenvalue weighted by molar-refractivity contribution is 5.49. The highest BCUT2D eigenvalue weighted by Crippen LogP contribution is 2.21. The van der Waals surface area contributed by atoms with Crippen molar-refractivity contribution in [3.8, 4) is 0 Å². The molecule has 0 bridgehead atoms. The van der Waals surface area contributed by atoms with Crippen LogP contribution in [0.15, 0.2) is 30.7 Å². The third-order valence-electron chi connectivity index (χ3n) is 4.12. The van der Waals surface area contributed by atoms with Gasteiger partial charge in [0, 0.05) is 30.9 Å². The molecule has 0 amide bonds. The zero-order chi connectivity index (χ0) is 16.2. The number of morpholine rings is 1. The Morgan fingerprint density at radius 3 is 2.52 bits per heavy atom. The number of hydrogen-bond acceptors (Lipinski definition) is 5. The standard InChI is InChI=1S/C17H25N5O/c1-13(2)22-12-15(10-19-22)14(3)20-16-4-5-17(18-11-16)21-6-8-23-9-7-21/h4-5,10-14,20H,6-9H2,1-3H3. The second-order valence-corrected chi connectivity index (χ2v) is 6.22. The topological polar surface area (TPSA) is 55.2 Å². The number of ether oxygens (including phenoxy) is 1. The summed E-state index contributed by atoms with van der Waals surface area (Å²) in [5.41, 5.74) is 2.20. The van der Waals surface area contributed by atoms with E-state index in [0.29, 0.717) is 6.04 Å². The minimum Gasteiger partial charge on any atom is -0.378 e. The number of anilines is 2. The molecule has 6 nitrogen and oxygen atoms in total. The zero-order valence-electron chi connectivity index (χ0n) is 14.1. The molecule has 0 saturated carbocycles. The second-order valence-electron chi connectivity index (χ2n) is 6.22. The van der Waals surface area contributed by atoms with Gasteiger partial charge in [0.1, 0.15) is 5.82 Å². The molecule has 1 N–H and O–H groups in total. The number of aromatic nitrogens is 3. The first-order valence-corrected chi connectivity index (χ1v) is 8.23. The summed E-state index contributed by atoms with van der Waals surface area (Å²) in [6.07, 6.45) is 5.92. The molecule has 23 heavy (non-hydrogen) atoms. The van der Waals surface area contributed by atoms with Gasteiger partial charge in [-0.2, -0.15) is 5.10 Å². The predicted molar refractivity (Wildman–Crippen MR) is 91.9 cm³/mol. The molecule has 2 aromatic rings. The lowest BCUT2D eigenvalue weighted by atomic mass is 10.2. The second kappa shape index (κ2) is 7.00. The summed E-state index contributed by atoms with van der Waals surface area (Å²) in [4.78, 5) is 6.82. The molecule has 3 heterocycles. The molecule has 124 valence electrons. The Labute approximate surface area is 137 Å². The Balaban J connectivity index is 1.62. The summed E-state index contributed by atoms with van der Waals surface area (Å²) in [5.74, 6) is 1.01. The van der Waals surface area contributed by atoms with Crippen molar-refractivity contribution < 1.29 is 4.74 Å². The van der Waals surface area contributed by atoms with E-state index in [9.17, 15) is 0 Å². The van der Waals surface area contributed by atoms with Crippen molar-refractivity contribution in [2.75, 3.05) is 36.5 Å². The Morgan fingerprint density at radius 2 is 1.91 bits per heavy atom. The molecule has 1 aliphatic heterocycles. The lowest BCUT2D eigenvalue weighted by Gasteiger charge is -2.27. The fourth-order valence-corrected chi connectivity index (χ4v) is 2.64. The van der Waals surface area contributed by atoms with Crippen LogP contribution in [-0.4, -0.2) is 41.1 Å². The average Bonchev–Trinajstić information content (AvgIpc) is 3.07. The molecule has 0 spiro atoms. The number of nitrogens with zero attached hydrogens (tertiary/aromatic N) is 4. The fraction of sp³-hybridized carbons (Fsp3) is 0.529. The van der Waals surface area contributed by atoms with Crippen LogP contribution >= 0.6 is 0 Å². The van der Waals surface area contributed by atoms with Gasteiger partial charge in [-0.25, -0.2) is 4.98 Å². The molecular formula is C17H25N5O. The van der Waals surface area contributed by atoms with Crippen LogP contribution in [0.5, 0.6) is 0 Å². The van der Waals surface area contributed by atoms with Gasteiger partial charge in [-0.1, -0.05) is 0 Å². The largest absolute Gasteiger partial charge is 0.378 e. The van der Waals surface area contributed by atoms with Crippen molar-refractivity contribution >= 4 is 11.5 Å². The molecule has 1 atom stereocenters. The molecule has 1 fully saturated rings. The van der Waals surface area contributed by atoms with Crippen LogP contribution in [-0.2, 0) is 4.74 Å². The third-order valence-corrected chi connectivity index (χ3v) is 4.12. The average molecular weight is 315 g/mol. The van der Waals surface area contributed by atoms with E-state index in [1.807, 2.05) is 17.1 Å². The third kappa shape index (κ3) is 3.82. The van der Waals surface area contributed by atoms with Crippen LogP contribution in [0.25, 0.3) is 0 Å². The monoisotopic (exact) mass is 315 g/mol. The molecule has 2 aromatic heterocycles. The zero-order valence-corrected chi connectivity index (χ0v) is 14.1. The van der Waals surface area contributed by atoms with Crippen LogP contribution in [0.2, 0.25) is 0 Å². The van der Waals surface area contributed by atoms with Crippen LogP contribution in [0.3, 0.4) is 0 Å². The summed E-state index contributed by atoms with van der Waals surface area (Å²) in [5, 5.41) is 7.88. The van der Waals surface area contributed by atoms with Crippen LogP contribution in [0.4, 0.5) is 11.5 Å². The Hall–Kier alpha value is -2.08. The van der Waals surface area contributed by atoms with Crippen molar-refractivity contribution in [3.05, 3.63) is 36.3 Å². The van der Waals surface area contributed by atoms with Crippen LogP contribution in [0, 0.1) is 0 Å². The minimum absolute atomic E-state index is 0.193. The van der Waals surface area contributed by atoms with Crippen molar-refractivity contribution in [3.63, 3.8) is 0 Å². The van der Waals surface area contributed by atoms with Crippen LogP contribution in [0.1, 0.15) is 38.4 Å². The van der Waals surface area contributed by atoms with Crippen molar-refractivity contribution in [2.45, 2.75) is 32.9 Å². The number of pyridine rings is 1. The number of nitrogens with one attached hydrogen (secondary N) is 1. The first kappa shape index (κ1) is 15.8. The van der Waals surface area contributed by atoms with Crippen molar-refractivity contribution in [1.82, 2.24) is 14.8 Å². The first-order chi connectivity index (χ1) is 11.1. The van der Waals surface area contributed by atoms with Gasteiger partial charge in [-0.15, -0.1) is 0 Å². The van der Waals surface area contributed by atoms with E-state index < -0.39 is 0 Å². The van der Waals surface area contributed by atoms with Gasteiger partial charge in [0.15, 0.2) is 0 Å². The smallest absolute Gasteiger partial charge is 0.128 e. The lowest BCUT2D eigenvalue weighted by Crippen LogP contribution is -2.36. The van der Waals surface area contributed by atoms with Gasteiger partial charge < -0.3 is 15.0 Å². The van der Waals surface area contributed by atoms with E-state index in [1.165, 1.54) is 5.56 Å². The van der Waals surface area contributed by atoms with E-state index in [1.54, 1.807) is 0 Å². The normalized spacial score (nSPS) is 16.6. The van der Waals surface area contributed by atoms with Gasteiger partial charge in [-0.3, -0.25) is 4.68 Å². The highest BCUT2D eigenvalue weighted by Gasteiger charge is 2.13. The molecular weight excluding hydrogens is 290 g/mol. The van der Waals surface area contributed by atoms with Crippen LogP contribution < -0.4 is 10.2 Å². The van der Waals surface area contributed by atoms with E-state index in [2.05, 4.69) is 59.4 Å². The summed E-state index contributed by atoms with van der Waals surface area (Å²) >= 11 is 0. The van der Waals surface area contributed by atoms with E-state index in [-0.39, 0.29) is 6.04 Å². The molecule has 6 heteroatoms. The summed E-state index contributed by atoms with van der Waals surface area (Å²) in [6.45, 7) is 9.76. The molecule has 1 unspecified atom stereocenters. The molecule has 1 aliphatic rings. The first-order valence-electron chi connectivity index (χ1n) is 8.23. The van der Waals surface area contributed by atoms with Crippen molar-refractivity contribution in [2.24, 2.45) is 0 Å². The van der Waals surface area contributed by atoms with E-state index in [0.717, 1.165) is 37.8 Å². The molecule has 0 aromatic carbocycles. The maximum absolute atomic E-state index is 5.38. The van der Waals surface area contributed by atoms with Gasteiger partial charge in [0.2, 0.25) is 0 Å².